The monoisotopic (exact) mass is 328 g/mol. The van der Waals surface area contributed by atoms with E-state index in [0.29, 0.717) is 18.3 Å². The molecule has 24 heavy (non-hydrogen) atoms. The summed E-state index contributed by atoms with van der Waals surface area (Å²) in [6.45, 7) is 8.78. The highest BCUT2D eigenvalue weighted by Gasteiger charge is 2.34. The van der Waals surface area contributed by atoms with Crippen LogP contribution in [0.5, 0.6) is 0 Å². The number of nitrogens with one attached hydrogen (secondary N) is 1. The Bertz CT molecular complexity index is 747. The van der Waals surface area contributed by atoms with Gasteiger partial charge in [0.25, 0.3) is 5.91 Å². The van der Waals surface area contributed by atoms with Gasteiger partial charge in [-0.05, 0) is 18.6 Å². The van der Waals surface area contributed by atoms with Gasteiger partial charge in [0, 0.05) is 24.6 Å². The minimum Gasteiger partial charge on any atom is -0.338 e. The fourth-order valence-corrected chi connectivity index (χ4v) is 2.86. The SMILES string of the molecule is CC(NCC1c2ccccc2C(=O)N1C)c1nc(C(C)(C)C)no1. The number of hydrogen-bond donors (Lipinski definition) is 1. The predicted molar refractivity (Wildman–Crippen MR) is 90.7 cm³/mol. The van der Waals surface area contributed by atoms with Gasteiger partial charge in [0.2, 0.25) is 5.89 Å². The van der Waals surface area contributed by atoms with Gasteiger partial charge in [0.05, 0.1) is 12.1 Å². The minimum absolute atomic E-state index is 0.0150. The lowest BCUT2D eigenvalue weighted by atomic mass is 9.96. The third-order valence-electron chi connectivity index (χ3n) is 4.44. The lowest BCUT2D eigenvalue weighted by Gasteiger charge is -2.22. The van der Waals surface area contributed by atoms with Crippen molar-refractivity contribution < 1.29 is 9.32 Å². The van der Waals surface area contributed by atoms with Crippen molar-refractivity contribution in [2.75, 3.05) is 13.6 Å². The molecule has 6 heteroatoms. The number of rotatable bonds is 4. The van der Waals surface area contributed by atoms with Crippen LogP contribution in [-0.4, -0.2) is 34.5 Å². The summed E-state index contributed by atoms with van der Waals surface area (Å²) >= 11 is 0. The topological polar surface area (TPSA) is 71.3 Å². The summed E-state index contributed by atoms with van der Waals surface area (Å²) in [6.07, 6.45) is 0. The third kappa shape index (κ3) is 2.94. The first-order chi connectivity index (χ1) is 11.3. The molecule has 0 radical (unpaired) electrons. The summed E-state index contributed by atoms with van der Waals surface area (Å²) in [6, 6.07) is 7.69. The van der Waals surface area contributed by atoms with Crippen molar-refractivity contribution in [2.45, 2.75) is 45.2 Å². The summed E-state index contributed by atoms with van der Waals surface area (Å²) in [5.41, 5.74) is 1.70. The Balaban J connectivity index is 1.70. The fraction of sp³-hybridized carbons (Fsp3) is 0.500. The molecular weight excluding hydrogens is 304 g/mol. The van der Waals surface area contributed by atoms with Crippen molar-refractivity contribution in [1.29, 1.82) is 0 Å². The first-order valence-electron chi connectivity index (χ1n) is 8.22. The Hall–Kier alpha value is -2.21. The normalized spacial score (nSPS) is 18.8. The van der Waals surface area contributed by atoms with Gasteiger partial charge >= 0.3 is 0 Å². The number of hydrogen-bond acceptors (Lipinski definition) is 5. The van der Waals surface area contributed by atoms with Gasteiger partial charge in [-0.25, -0.2) is 0 Å². The highest BCUT2D eigenvalue weighted by Crippen LogP contribution is 2.32. The number of amides is 1. The molecular formula is C18H24N4O2. The Morgan fingerprint density at radius 1 is 1.33 bits per heavy atom. The maximum atomic E-state index is 12.3. The van der Waals surface area contributed by atoms with E-state index in [1.165, 1.54) is 0 Å². The Labute approximate surface area is 142 Å². The average molecular weight is 328 g/mol. The van der Waals surface area contributed by atoms with Crippen molar-refractivity contribution in [3.8, 4) is 0 Å². The number of carbonyl (C=O) groups excluding carboxylic acids is 1. The molecule has 0 bridgehead atoms. The number of aromatic nitrogens is 2. The van der Waals surface area contributed by atoms with Crippen LogP contribution in [0.1, 0.15) is 67.4 Å². The summed E-state index contributed by atoms with van der Waals surface area (Å²) in [4.78, 5) is 18.6. The summed E-state index contributed by atoms with van der Waals surface area (Å²) in [5, 5.41) is 7.47. The van der Waals surface area contributed by atoms with E-state index in [9.17, 15) is 4.79 Å². The molecule has 128 valence electrons. The number of carbonyl (C=O) groups is 1. The summed E-state index contributed by atoms with van der Waals surface area (Å²) in [5.74, 6) is 1.34. The van der Waals surface area contributed by atoms with E-state index >= 15 is 0 Å². The molecule has 6 nitrogen and oxygen atoms in total. The van der Waals surface area contributed by atoms with Crippen molar-refractivity contribution >= 4 is 5.91 Å². The average Bonchev–Trinajstić information content (AvgIpc) is 3.12. The van der Waals surface area contributed by atoms with Gasteiger partial charge in [-0.1, -0.05) is 44.1 Å². The zero-order chi connectivity index (χ0) is 17.5. The van der Waals surface area contributed by atoms with Gasteiger partial charge in [0.15, 0.2) is 5.82 Å². The zero-order valence-electron chi connectivity index (χ0n) is 14.8. The van der Waals surface area contributed by atoms with Gasteiger partial charge in [-0.15, -0.1) is 0 Å². The van der Waals surface area contributed by atoms with Crippen molar-refractivity contribution in [3.63, 3.8) is 0 Å². The molecule has 2 heterocycles. The van der Waals surface area contributed by atoms with Gasteiger partial charge in [-0.3, -0.25) is 4.79 Å². The second kappa shape index (κ2) is 6.02. The van der Waals surface area contributed by atoms with Crippen LogP contribution >= 0.6 is 0 Å². The molecule has 1 amide bonds. The molecule has 1 aromatic heterocycles. The van der Waals surface area contributed by atoms with Crippen LogP contribution in [0.15, 0.2) is 28.8 Å². The van der Waals surface area contributed by atoms with E-state index in [1.54, 1.807) is 4.90 Å². The first-order valence-corrected chi connectivity index (χ1v) is 8.22. The van der Waals surface area contributed by atoms with Crippen LogP contribution in [-0.2, 0) is 5.41 Å². The number of fused-ring (bicyclic) bond motifs is 1. The molecule has 1 aliphatic heterocycles. The van der Waals surface area contributed by atoms with Crippen molar-refractivity contribution in [3.05, 3.63) is 47.1 Å². The van der Waals surface area contributed by atoms with Crippen LogP contribution < -0.4 is 5.32 Å². The Kier molecular flexibility index (Phi) is 4.17. The van der Waals surface area contributed by atoms with Crippen molar-refractivity contribution in [2.24, 2.45) is 0 Å². The van der Waals surface area contributed by atoms with Crippen molar-refractivity contribution in [1.82, 2.24) is 20.4 Å². The fourth-order valence-electron chi connectivity index (χ4n) is 2.86. The number of likely N-dealkylation sites (N-methyl/N-ethyl adjacent to an activating group) is 1. The van der Waals surface area contributed by atoms with Gasteiger partial charge in [-0.2, -0.15) is 4.98 Å². The van der Waals surface area contributed by atoms with Gasteiger partial charge in [0.1, 0.15) is 0 Å². The van der Waals surface area contributed by atoms with E-state index in [-0.39, 0.29) is 23.4 Å². The van der Waals surface area contributed by atoms with Gasteiger partial charge < -0.3 is 14.7 Å². The molecule has 1 aromatic carbocycles. The Morgan fingerprint density at radius 3 is 2.71 bits per heavy atom. The molecule has 1 aliphatic rings. The molecule has 1 N–H and O–H groups in total. The second-order valence-electron chi connectivity index (χ2n) is 7.36. The molecule has 0 spiro atoms. The summed E-state index contributed by atoms with van der Waals surface area (Å²) < 4.78 is 5.38. The third-order valence-corrected chi connectivity index (χ3v) is 4.44. The lowest BCUT2D eigenvalue weighted by molar-refractivity contribution is 0.0771. The first kappa shape index (κ1) is 16.6. The van der Waals surface area contributed by atoms with Crippen LogP contribution in [0, 0.1) is 0 Å². The van der Waals surface area contributed by atoms with Crippen LogP contribution in [0.3, 0.4) is 0 Å². The van der Waals surface area contributed by atoms with E-state index in [4.69, 9.17) is 4.52 Å². The predicted octanol–water partition coefficient (Wildman–Crippen LogP) is 2.84. The maximum absolute atomic E-state index is 12.3. The zero-order valence-corrected chi connectivity index (χ0v) is 14.8. The second-order valence-corrected chi connectivity index (χ2v) is 7.36. The largest absolute Gasteiger partial charge is 0.338 e. The highest BCUT2D eigenvalue weighted by molar-refractivity contribution is 5.99. The molecule has 0 aliphatic carbocycles. The van der Waals surface area contributed by atoms with Crippen LogP contribution in [0.2, 0.25) is 0 Å². The van der Waals surface area contributed by atoms with E-state index in [1.807, 2.05) is 38.2 Å². The van der Waals surface area contributed by atoms with Crippen LogP contribution in [0.25, 0.3) is 0 Å². The highest BCUT2D eigenvalue weighted by atomic mass is 16.5. The molecule has 0 fully saturated rings. The minimum atomic E-state index is -0.140. The molecule has 0 saturated carbocycles. The molecule has 0 saturated heterocycles. The van der Waals surface area contributed by atoms with E-state index in [2.05, 4.69) is 36.2 Å². The molecule has 2 unspecified atom stereocenters. The summed E-state index contributed by atoms with van der Waals surface area (Å²) in [7, 11) is 1.84. The quantitative estimate of drug-likeness (QED) is 0.934. The molecule has 3 rings (SSSR count). The smallest absolute Gasteiger partial charge is 0.254 e. The Morgan fingerprint density at radius 2 is 2.04 bits per heavy atom. The standard InChI is InChI=1S/C18H24N4O2/c1-11(15-20-17(21-24-15)18(2,3)4)19-10-14-12-8-6-7-9-13(12)16(23)22(14)5/h6-9,11,14,19H,10H2,1-5H3. The lowest BCUT2D eigenvalue weighted by Crippen LogP contribution is -2.32. The van der Waals surface area contributed by atoms with Crippen LogP contribution in [0.4, 0.5) is 0 Å². The molecule has 2 aromatic rings. The van der Waals surface area contributed by atoms with E-state index in [0.717, 1.165) is 11.1 Å². The number of nitrogens with zero attached hydrogens (tertiary/aromatic N) is 3. The van der Waals surface area contributed by atoms with E-state index < -0.39 is 0 Å². The maximum Gasteiger partial charge on any atom is 0.254 e. The number of benzene rings is 1. The molecule has 2 atom stereocenters.